The third-order valence-electron chi connectivity index (χ3n) is 4.13. The number of benzene rings is 1. The zero-order valence-electron chi connectivity index (χ0n) is 14.5. The normalized spacial score (nSPS) is 17.5. The highest BCUT2D eigenvalue weighted by Gasteiger charge is 2.27. The van der Waals surface area contributed by atoms with Gasteiger partial charge in [-0.05, 0) is 36.4 Å². The molecule has 7 heteroatoms. The smallest absolute Gasteiger partial charge is 0.349 e. The number of esters is 1. The van der Waals surface area contributed by atoms with Crippen LogP contribution in [0.3, 0.4) is 0 Å². The highest BCUT2D eigenvalue weighted by molar-refractivity contribution is 7.11. The zero-order valence-corrected chi connectivity index (χ0v) is 15.3. The number of carbonyl (C=O) groups excluding carboxylic acids is 2. The molecular weight excluding hydrogens is 354 g/mol. The minimum Gasteiger partial charge on any atom is -0.497 e. The molecule has 2 heterocycles. The van der Waals surface area contributed by atoms with Crippen molar-refractivity contribution in [3.63, 3.8) is 0 Å². The first kappa shape index (κ1) is 18.4. The molecule has 1 aliphatic rings. The van der Waals surface area contributed by atoms with Crippen LogP contribution in [-0.2, 0) is 14.3 Å². The Morgan fingerprint density at radius 3 is 2.73 bits per heavy atom. The Bertz CT molecular complexity index is 723. The van der Waals surface area contributed by atoms with E-state index in [2.05, 4.69) is 5.32 Å². The first-order valence-corrected chi connectivity index (χ1v) is 9.33. The third-order valence-corrected chi connectivity index (χ3v) is 4.98. The van der Waals surface area contributed by atoms with Crippen molar-refractivity contribution in [3.8, 4) is 5.75 Å². The number of hydrogen-bond donors (Lipinski definition) is 1. The van der Waals surface area contributed by atoms with Crippen molar-refractivity contribution in [2.75, 3.05) is 20.3 Å². The van der Waals surface area contributed by atoms with Crippen LogP contribution in [0, 0.1) is 0 Å². The monoisotopic (exact) mass is 375 g/mol. The Labute approximate surface area is 156 Å². The van der Waals surface area contributed by atoms with Gasteiger partial charge in [0.15, 0.2) is 0 Å². The van der Waals surface area contributed by atoms with Crippen molar-refractivity contribution < 1.29 is 23.8 Å². The molecule has 1 aromatic heterocycles. The second-order valence-corrected chi connectivity index (χ2v) is 6.86. The van der Waals surface area contributed by atoms with Crippen LogP contribution in [0.2, 0.25) is 0 Å². The molecule has 0 saturated carbocycles. The number of amides is 1. The number of thiophene rings is 1. The number of ether oxygens (including phenoxy) is 3. The minimum absolute atomic E-state index is 0.0171. The van der Waals surface area contributed by atoms with E-state index in [1.165, 1.54) is 11.3 Å². The molecule has 138 valence electrons. The summed E-state index contributed by atoms with van der Waals surface area (Å²) < 4.78 is 16.2. The summed E-state index contributed by atoms with van der Waals surface area (Å²) in [6.45, 7) is 1.12. The van der Waals surface area contributed by atoms with Gasteiger partial charge in [-0.15, -0.1) is 11.3 Å². The van der Waals surface area contributed by atoms with Gasteiger partial charge in [0.2, 0.25) is 6.10 Å². The Morgan fingerprint density at radius 1 is 1.31 bits per heavy atom. The maximum Gasteiger partial charge on any atom is 0.349 e. The lowest BCUT2D eigenvalue weighted by Gasteiger charge is -2.19. The lowest BCUT2D eigenvalue weighted by atomic mass is 10.1. The van der Waals surface area contributed by atoms with E-state index in [1.807, 2.05) is 0 Å². The number of methoxy groups -OCH3 is 1. The standard InChI is InChI=1S/C19H21NO5S/c1-23-14-8-6-13(7-9-14)17(25-19(22)16-5-3-11-26-16)18(21)20-12-15-4-2-10-24-15/h3,5-9,11,15,17H,2,4,10,12H2,1H3,(H,20,21)/t15-,17+/m0/s1. The fourth-order valence-corrected chi connectivity index (χ4v) is 3.33. The van der Waals surface area contributed by atoms with E-state index in [4.69, 9.17) is 14.2 Å². The highest BCUT2D eigenvalue weighted by Crippen LogP contribution is 2.24. The van der Waals surface area contributed by atoms with Crippen molar-refractivity contribution in [3.05, 3.63) is 52.2 Å². The largest absolute Gasteiger partial charge is 0.497 e. The van der Waals surface area contributed by atoms with E-state index in [1.54, 1.807) is 48.9 Å². The van der Waals surface area contributed by atoms with E-state index >= 15 is 0 Å². The molecule has 1 fully saturated rings. The summed E-state index contributed by atoms with van der Waals surface area (Å²) in [5, 5.41) is 4.62. The van der Waals surface area contributed by atoms with Gasteiger partial charge < -0.3 is 19.5 Å². The molecule has 1 saturated heterocycles. The van der Waals surface area contributed by atoms with Crippen LogP contribution in [0.5, 0.6) is 5.75 Å². The van der Waals surface area contributed by atoms with Gasteiger partial charge in [0.25, 0.3) is 5.91 Å². The number of nitrogens with one attached hydrogen (secondary N) is 1. The van der Waals surface area contributed by atoms with Gasteiger partial charge in [0.1, 0.15) is 10.6 Å². The average molecular weight is 375 g/mol. The van der Waals surface area contributed by atoms with Crippen LogP contribution in [0.1, 0.15) is 34.2 Å². The predicted molar refractivity (Wildman–Crippen MR) is 97.5 cm³/mol. The van der Waals surface area contributed by atoms with Gasteiger partial charge in [-0.2, -0.15) is 0 Å². The molecule has 2 aromatic rings. The molecule has 6 nitrogen and oxygen atoms in total. The van der Waals surface area contributed by atoms with Gasteiger partial charge in [-0.1, -0.05) is 18.2 Å². The van der Waals surface area contributed by atoms with Crippen molar-refractivity contribution in [1.82, 2.24) is 5.32 Å². The molecular formula is C19H21NO5S. The first-order chi connectivity index (χ1) is 12.7. The van der Waals surface area contributed by atoms with E-state index in [0.717, 1.165) is 19.4 Å². The van der Waals surface area contributed by atoms with Crippen LogP contribution >= 0.6 is 11.3 Å². The third kappa shape index (κ3) is 4.62. The SMILES string of the molecule is COc1ccc([C@@H](OC(=O)c2cccs2)C(=O)NC[C@@H]2CCCO2)cc1. The molecule has 0 unspecified atom stereocenters. The van der Waals surface area contributed by atoms with Gasteiger partial charge in [0, 0.05) is 18.7 Å². The first-order valence-electron chi connectivity index (χ1n) is 8.45. The Balaban J connectivity index is 1.72. The lowest BCUT2D eigenvalue weighted by Crippen LogP contribution is -2.36. The summed E-state index contributed by atoms with van der Waals surface area (Å²) in [4.78, 5) is 25.5. The molecule has 26 heavy (non-hydrogen) atoms. The molecule has 0 radical (unpaired) electrons. The fraction of sp³-hybridized carbons (Fsp3) is 0.368. The quantitative estimate of drug-likeness (QED) is 0.753. The molecule has 1 aromatic carbocycles. The van der Waals surface area contributed by atoms with Crippen LogP contribution in [-0.4, -0.2) is 38.2 Å². The van der Waals surface area contributed by atoms with Gasteiger partial charge in [-0.3, -0.25) is 4.79 Å². The molecule has 1 amide bonds. The van der Waals surface area contributed by atoms with Crippen molar-refractivity contribution >= 4 is 23.2 Å². The van der Waals surface area contributed by atoms with E-state index in [9.17, 15) is 9.59 Å². The number of rotatable bonds is 7. The van der Waals surface area contributed by atoms with E-state index < -0.39 is 12.1 Å². The van der Waals surface area contributed by atoms with E-state index in [-0.39, 0.29) is 12.0 Å². The Kier molecular flexibility index (Phi) is 6.25. The predicted octanol–water partition coefficient (Wildman–Crippen LogP) is 2.95. The van der Waals surface area contributed by atoms with Crippen LogP contribution < -0.4 is 10.1 Å². The summed E-state index contributed by atoms with van der Waals surface area (Å²) in [7, 11) is 1.57. The molecule has 0 bridgehead atoms. The molecule has 1 aliphatic heterocycles. The van der Waals surface area contributed by atoms with Crippen molar-refractivity contribution in [1.29, 1.82) is 0 Å². The molecule has 0 spiro atoms. The molecule has 0 aliphatic carbocycles. The van der Waals surface area contributed by atoms with Crippen molar-refractivity contribution in [2.24, 2.45) is 0 Å². The number of hydrogen-bond acceptors (Lipinski definition) is 6. The second-order valence-electron chi connectivity index (χ2n) is 5.92. The summed E-state index contributed by atoms with van der Waals surface area (Å²) >= 11 is 1.27. The summed E-state index contributed by atoms with van der Waals surface area (Å²) in [6, 6.07) is 10.3. The molecule has 2 atom stereocenters. The summed E-state index contributed by atoms with van der Waals surface area (Å²) in [5.74, 6) is -0.222. The summed E-state index contributed by atoms with van der Waals surface area (Å²) in [5.41, 5.74) is 0.584. The van der Waals surface area contributed by atoms with Crippen LogP contribution in [0.15, 0.2) is 41.8 Å². The van der Waals surface area contributed by atoms with Gasteiger partial charge in [0.05, 0.1) is 13.2 Å². The lowest BCUT2D eigenvalue weighted by molar-refractivity contribution is -0.130. The second kappa shape index (κ2) is 8.82. The fourth-order valence-electron chi connectivity index (χ4n) is 2.72. The van der Waals surface area contributed by atoms with Gasteiger partial charge >= 0.3 is 5.97 Å². The van der Waals surface area contributed by atoms with E-state index in [0.29, 0.717) is 22.7 Å². The summed E-state index contributed by atoms with van der Waals surface area (Å²) in [6.07, 6.45) is 0.901. The van der Waals surface area contributed by atoms with Crippen LogP contribution in [0.25, 0.3) is 0 Å². The Morgan fingerprint density at radius 2 is 2.12 bits per heavy atom. The highest BCUT2D eigenvalue weighted by atomic mass is 32.1. The zero-order chi connectivity index (χ0) is 18.4. The topological polar surface area (TPSA) is 73.9 Å². The minimum atomic E-state index is -1.03. The maximum atomic E-state index is 12.7. The molecule has 3 rings (SSSR count). The average Bonchev–Trinajstić information content (AvgIpc) is 3.38. The van der Waals surface area contributed by atoms with Crippen molar-refractivity contribution in [2.45, 2.75) is 25.0 Å². The Hall–Kier alpha value is -2.38. The number of carbonyl (C=O) groups is 2. The molecule has 1 N–H and O–H groups in total. The van der Waals surface area contributed by atoms with Gasteiger partial charge in [-0.25, -0.2) is 4.79 Å². The maximum absolute atomic E-state index is 12.7. The van der Waals surface area contributed by atoms with Crippen LogP contribution in [0.4, 0.5) is 0 Å².